The van der Waals surface area contributed by atoms with Crippen LogP contribution in [0.25, 0.3) is 0 Å². The maximum absolute atomic E-state index is 12.0. The molecule has 0 bridgehead atoms. The number of nitrogens with one attached hydrogen (secondary N) is 1. The predicted molar refractivity (Wildman–Crippen MR) is 110 cm³/mol. The standard InChI is InChI=1S/C22H35NOS/c1-2-3-4-5-6-7-8-9-10-11-12-15-19-18-22(24)23-20-16-13-14-17-21(20)25-19/h13-14,16-17,19H,2-12,15,18H2,1H3,(H,23,24). The molecule has 0 saturated carbocycles. The minimum atomic E-state index is 0.172. The molecule has 1 atom stereocenters. The number of rotatable bonds is 12. The molecule has 25 heavy (non-hydrogen) atoms. The molecule has 1 aliphatic rings. The summed E-state index contributed by atoms with van der Waals surface area (Å²) in [7, 11) is 0. The van der Waals surface area contributed by atoms with Crippen molar-refractivity contribution in [1.82, 2.24) is 0 Å². The lowest BCUT2D eigenvalue weighted by molar-refractivity contribution is -0.116. The lowest BCUT2D eigenvalue weighted by atomic mass is 10.0. The fourth-order valence-corrected chi connectivity index (χ4v) is 4.78. The molecule has 3 heteroatoms. The van der Waals surface area contributed by atoms with Crippen molar-refractivity contribution in [2.24, 2.45) is 0 Å². The summed E-state index contributed by atoms with van der Waals surface area (Å²) in [5.74, 6) is 0.172. The number of para-hydroxylation sites is 1. The van der Waals surface area contributed by atoms with Crippen LogP contribution >= 0.6 is 11.8 Å². The molecule has 1 aromatic carbocycles. The number of fused-ring (bicyclic) bond motifs is 1. The molecule has 1 aromatic rings. The lowest BCUT2D eigenvalue weighted by Crippen LogP contribution is -2.15. The SMILES string of the molecule is CCCCCCCCCCCCCC1CC(=O)Nc2ccccc2S1. The van der Waals surface area contributed by atoms with E-state index in [1.54, 1.807) is 0 Å². The average molecular weight is 362 g/mol. The molecule has 2 rings (SSSR count). The Morgan fingerprint density at radius 2 is 1.52 bits per heavy atom. The van der Waals surface area contributed by atoms with Crippen LogP contribution in [0.5, 0.6) is 0 Å². The minimum absolute atomic E-state index is 0.172. The van der Waals surface area contributed by atoms with Crippen molar-refractivity contribution < 1.29 is 4.79 Å². The molecule has 1 amide bonds. The molecule has 0 aromatic heterocycles. The molecule has 2 nitrogen and oxygen atoms in total. The second kappa shape index (κ2) is 12.4. The number of carbonyl (C=O) groups excluding carboxylic acids is 1. The molecular weight excluding hydrogens is 326 g/mol. The fraction of sp³-hybridized carbons (Fsp3) is 0.682. The van der Waals surface area contributed by atoms with Gasteiger partial charge in [-0.2, -0.15) is 0 Å². The Kier molecular flexibility index (Phi) is 10.1. The van der Waals surface area contributed by atoms with E-state index in [2.05, 4.69) is 24.4 Å². The van der Waals surface area contributed by atoms with Gasteiger partial charge in [0.2, 0.25) is 5.91 Å². The van der Waals surface area contributed by atoms with Gasteiger partial charge in [0.05, 0.1) is 5.69 Å². The first kappa shape index (κ1) is 20.4. The third kappa shape index (κ3) is 8.31. The summed E-state index contributed by atoms with van der Waals surface area (Å²) in [5, 5.41) is 3.47. The Hall–Kier alpha value is -0.960. The molecule has 1 unspecified atom stereocenters. The number of thioether (sulfide) groups is 1. The average Bonchev–Trinajstić information content (AvgIpc) is 2.77. The Morgan fingerprint density at radius 3 is 2.20 bits per heavy atom. The smallest absolute Gasteiger partial charge is 0.225 e. The van der Waals surface area contributed by atoms with Crippen LogP contribution in [0.4, 0.5) is 5.69 Å². The van der Waals surface area contributed by atoms with Crippen LogP contribution in [0.3, 0.4) is 0 Å². The summed E-state index contributed by atoms with van der Waals surface area (Å²) >= 11 is 1.88. The number of hydrogen-bond acceptors (Lipinski definition) is 2. The van der Waals surface area contributed by atoms with Crippen LogP contribution in [0, 0.1) is 0 Å². The van der Waals surface area contributed by atoms with Gasteiger partial charge >= 0.3 is 0 Å². The maximum atomic E-state index is 12.0. The van der Waals surface area contributed by atoms with Crippen LogP contribution in [0.15, 0.2) is 29.2 Å². The number of benzene rings is 1. The molecule has 0 fully saturated rings. The molecule has 140 valence electrons. The van der Waals surface area contributed by atoms with Crippen LogP contribution in [-0.2, 0) is 4.79 Å². The number of amides is 1. The quantitative estimate of drug-likeness (QED) is 0.399. The summed E-state index contributed by atoms with van der Waals surface area (Å²) in [5.41, 5.74) is 0.985. The van der Waals surface area contributed by atoms with Gasteiger partial charge in [-0.15, -0.1) is 11.8 Å². The highest BCUT2D eigenvalue weighted by Crippen LogP contribution is 2.36. The summed E-state index contributed by atoms with van der Waals surface area (Å²) in [6.45, 7) is 2.28. The highest BCUT2D eigenvalue weighted by molar-refractivity contribution is 8.00. The fourth-order valence-electron chi connectivity index (χ4n) is 3.50. The highest BCUT2D eigenvalue weighted by Gasteiger charge is 2.21. The molecule has 0 radical (unpaired) electrons. The van der Waals surface area contributed by atoms with E-state index in [-0.39, 0.29) is 5.91 Å². The first-order valence-corrected chi connectivity index (χ1v) is 11.2. The zero-order valence-corrected chi connectivity index (χ0v) is 16.7. The molecule has 1 N–H and O–H groups in total. The van der Waals surface area contributed by atoms with Crippen molar-refractivity contribution in [3.8, 4) is 0 Å². The lowest BCUT2D eigenvalue weighted by Gasteiger charge is -2.12. The second-order valence-electron chi connectivity index (χ2n) is 7.31. The summed E-state index contributed by atoms with van der Waals surface area (Å²) < 4.78 is 0. The van der Waals surface area contributed by atoms with Crippen LogP contribution < -0.4 is 5.32 Å². The van der Waals surface area contributed by atoms with Crippen molar-refractivity contribution in [2.75, 3.05) is 5.32 Å². The largest absolute Gasteiger partial charge is 0.325 e. The van der Waals surface area contributed by atoms with Gasteiger partial charge in [-0.3, -0.25) is 4.79 Å². The predicted octanol–water partition coefficient (Wildman–Crippen LogP) is 7.19. The van der Waals surface area contributed by atoms with E-state index < -0.39 is 0 Å². The number of carbonyl (C=O) groups is 1. The van der Waals surface area contributed by atoms with Gasteiger partial charge in [0.1, 0.15) is 0 Å². The third-order valence-corrected chi connectivity index (χ3v) is 6.34. The molecule has 1 aliphatic heterocycles. The molecular formula is C22H35NOS. The first-order valence-electron chi connectivity index (χ1n) is 10.3. The molecule has 0 spiro atoms. The van der Waals surface area contributed by atoms with Crippen molar-refractivity contribution in [2.45, 2.75) is 101 Å². The minimum Gasteiger partial charge on any atom is -0.325 e. The Labute approximate surface area is 158 Å². The summed E-state index contributed by atoms with van der Waals surface area (Å²) in [6.07, 6.45) is 17.0. The Bertz CT molecular complexity index is 503. The first-order chi connectivity index (χ1) is 12.3. The van der Waals surface area contributed by atoms with Gasteiger partial charge in [-0.05, 0) is 18.6 Å². The highest BCUT2D eigenvalue weighted by atomic mass is 32.2. The summed E-state index contributed by atoms with van der Waals surface area (Å²) in [4.78, 5) is 13.3. The van der Waals surface area contributed by atoms with Crippen LogP contribution in [-0.4, -0.2) is 11.2 Å². The van der Waals surface area contributed by atoms with Crippen molar-refractivity contribution in [3.05, 3.63) is 24.3 Å². The van der Waals surface area contributed by atoms with E-state index in [0.29, 0.717) is 11.7 Å². The maximum Gasteiger partial charge on any atom is 0.225 e. The van der Waals surface area contributed by atoms with Gasteiger partial charge in [-0.25, -0.2) is 0 Å². The topological polar surface area (TPSA) is 29.1 Å². The van der Waals surface area contributed by atoms with E-state index in [9.17, 15) is 4.79 Å². The van der Waals surface area contributed by atoms with E-state index in [1.807, 2.05) is 23.9 Å². The summed E-state index contributed by atoms with van der Waals surface area (Å²) in [6, 6.07) is 8.18. The Balaban J connectivity index is 1.53. The van der Waals surface area contributed by atoms with E-state index >= 15 is 0 Å². The molecule has 1 heterocycles. The third-order valence-electron chi connectivity index (χ3n) is 5.00. The van der Waals surface area contributed by atoms with Gasteiger partial charge < -0.3 is 5.32 Å². The molecule has 0 aliphatic carbocycles. The van der Waals surface area contributed by atoms with Crippen molar-refractivity contribution >= 4 is 23.4 Å². The van der Waals surface area contributed by atoms with Crippen molar-refractivity contribution in [1.29, 1.82) is 0 Å². The van der Waals surface area contributed by atoms with Gasteiger partial charge in [-0.1, -0.05) is 89.7 Å². The van der Waals surface area contributed by atoms with Gasteiger partial charge in [0, 0.05) is 16.6 Å². The van der Waals surface area contributed by atoms with E-state index in [1.165, 1.54) is 75.5 Å². The normalized spacial score (nSPS) is 17.0. The van der Waals surface area contributed by atoms with E-state index in [4.69, 9.17) is 0 Å². The van der Waals surface area contributed by atoms with Crippen molar-refractivity contribution in [3.63, 3.8) is 0 Å². The van der Waals surface area contributed by atoms with Crippen LogP contribution in [0.1, 0.15) is 90.4 Å². The van der Waals surface area contributed by atoms with Crippen LogP contribution in [0.2, 0.25) is 0 Å². The Morgan fingerprint density at radius 1 is 0.920 bits per heavy atom. The van der Waals surface area contributed by atoms with E-state index in [0.717, 1.165) is 12.1 Å². The number of unbranched alkanes of at least 4 members (excludes halogenated alkanes) is 10. The second-order valence-corrected chi connectivity index (χ2v) is 8.65. The molecule has 0 saturated heterocycles. The monoisotopic (exact) mass is 361 g/mol. The number of hydrogen-bond donors (Lipinski definition) is 1. The zero-order chi connectivity index (χ0) is 17.7. The van der Waals surface area contributed by atoms with Gasteiger partial charge in [0.25, 0.3) is 0 Å². The van der Waals surface area contributed by atoms with Gasteiger partial charge in [0.15, 0.2) is 0 Å². The zero-order valence-electron chi connectivity index (χ0n) is 15.9. The number of anilines is 1.